The van der Waals surface area contributed by atoms with Crippen molar-refractivity contribution in [3.63, 3.8) is 0 Å². The van der Waals surface area contributed by atoms with Gasteiger partial charge < -0.3 is 16.0 Å². The Morgan fingerprint density at radius 2 is 2.04 bits per heavy atom. The molecule has 28 heavy (non-hydrogen) atoms. The van der Waals surface area contributed by atoms with E-state index in [-0.39, 0.29) is 0 Å². The fraction of sp³-hybridized carbons (Fsp3) is 0.286. The first kappa shape index (κ1) is 18.7. The van der Waals surface area contributed by atoms with Gasteiger partial charge in [0, 0.05) is 43.3 Å². The number of nitrogens with one attached hydrogen (secondary N) is 3. The first-order valence-electron chi connectivity index (χ1n) is 9.51. The molecular formula is C21H23ClN6. The van der Waals surface area contributed by atoms with Crippen LogP contribution in [0.25, 0.3) is 11.3 Å². The van der Waals surface area contributed by atoms with Gasteiger partial charge in [0.2, 0.25) is 0 Å². The lowest BCUT2D eigenvalue weighted by atomic mass is 10.1. The molecule has 4 rings (SSSR count). The average Bonchev–Trinajstić information content (AvgIpc) is 2.75. The number of nitrogens with zero attached hydrogens (tertiary/aromatic N) is 3. The summed E-state index contributed by atoms with van der Waals surface area (Å²) in [7, 11) is 0. The number of rotatable bonds is 6. The zero-order valence-corrected chi connectivity index (χ0v) is 16.3. The molecule has 0 amide bonds. The van der Waals surface area contributed by atoms with Gasteiger partial charge in [-0.2, -0.15) is 0 Å². The molecule has 144 valence electrons. The van der Waals surface area contributed by atoms with Crippen molar-refractivity contribution in [2.45, 2.75) is 25.4 Å². The first-order valence-corrected chi connectivity index (χ1v) is 9.89. The minimum atomic E-state index is 0.386. The molecule has 1 unspecified atom stereocenters. The lowest BCUT2D eigenvalue weighted by Gasteiger charge is -2.24. The van der Waals surface area contributed by atoms with E-state index in [4.69, 9.17) is 16.6 Å². The van der Waals surface area contributed by atoms with Crippen LogP contribution in [0.5, 0.6) is 0 Å². The summed E-state index contributed by atoms with van der Waals surface area (Å²) < 4.78 is 0. The number of anilines is 2. The van der Waals surface area contributed by atoms with Crippen molar-refractivity contribution >= 4 is 23.2 Å². The minimum Gasteiger partial charge on any atom is -0.366 e. The highest BCUT2D eigenvalue weighted by atomic mass is 35.5. The van der Waals surface area contributed by atoms with Gasteiger partial charge in [-0.1, -0.05) is 17.7 Å². The molecule has 7 heteroatoms. The van der Waals surface area contributed by atoms with Crippen LogP contribution in [0.4, 0.5) is 11.6 Å². The van der Waals surface area contributed by atoms with Crippen LogP contribution >= 0.6 is 11.6 Å². The molecule has 0 spiro atoms. The summed E-state index contributed by atoms with van der Waals surface area (Å²) in [4.78, 5) is 13.2. The zero-order chi connectivity index (χ0) is 19.2. The number of hydrogen-bond acceptors (Lipinski definition) is 6. The van der Waals surface area contributed by atoms with Gasteiger partial charge >= 0.3 is 0 Å². The van der Waals surface area contributed by atoms with Gasteiger partial charge in [-0.05, 0) is 55.3 Å². The summed E-state index contributed by atoms with van der Waals surface area (Å²) in [5.41, 5.74) is 2.84. The van der Waals surface area contributed by atoms with Crippen LogP contribution in [0.3, 0.4) is 0 Å². The molecule has 1 fully saturated rings. The van der Waals surface area contributed by atoms with E-state index in [0.717, 1.165) is 48.0 Å². The second-order valence-corrected chi connectivity index (χ2v) is 7.26. The van der Waals surface area contributed by atoms with Crippen LogP contribution in [-0.4, -0.2) is 34.1 Å². The Morgan fingerprint density at radius 3 is 2.86 bits per heavy atom. The lowest BCUT2D eigenvalue weighted by Crippen LogP contribution is -2.38. The van der Waals surface area contributed by atoms with Crippen molar-refractivity contribution < 1.29 is 0 Å². The Labute approximate surface area is 169 Å². The quantitative estimate of drug-likeness (QED) is 0.587. The van der Waals surface area contributed by atoms with Gasteiger partial charge in [0.05, 0.1) is 10.7 Å². The van der Waals surface area contributed by atoms with Gasteiger partial charge in [0.25, 0.3) is 0 Å². The molecule has 3 aromatic rings. The van der Waals surface area contributed by atoms with Gasteiger partial charge in [-0.15, -0.1) is 0 Å². The lowest BCUT2D eigenvalue weighted by molar-refractivity contribution is 0.479. The summed E-state index contributed by atoms with van der Waals surface area (Å²) >= 11 is 6.43. The van der Waals surface area contributed by atoms with Crippen LogP contribution in [0.2, 0.25) is 5.02 Å². The third kappa shape index (κ3) is 4.77. The van der Waals surface area contributed by atoms with Crippen molar-refractivity contribution in [3.05, 3.63) is 65.6 Å². The van der Waals surface area contributed by atoms with Crippen LogP contribution in [0, 0.1) is 0 Å². The predicted octanol–water partition coefficient (Wildman–Crippen LogP) is 3.97. The number of halogens is 1. The van der Waals surface area contributed by atoms with Gasteiger partial charge in [-0.3, -0.25) is 4.98 Å². The van der Waals surface area contributed by atoms with Gasteiger partial charge in [0.1, 0.15) is 11.6 Å². The molecule has 0 saturated carbocycles. The second kappa shape index (κ2) is 8.99. The molecule has 1 saturated heterocycles. The molecule has 1 atom stereocenters. The maximum Gasteiger partial charge on any atom is 0.126 e. The SMILES string of the molecule is Clc1cnc(NC2CCCNC2)cc1-c1cccc(NCc2ccncc2)n1. The molecule has 6 nitrogen and oxygen atoms in total. The monoisotopic (exact) mass is 394 g/mol. The molecule has 3 N–H and O–H groups in total. The van der Waals surface area contributed by atoms with Crippen LogP contribution in [0.1, 0.15) is 18.4 Å². The van der Waals surface area contributed by atoms with Crippen molar-refractivity contribution in [3.8, 4) is 11.3 Å². The summed E-state index contributed by atoms with van der Waals surface area (Å²) in [6.07, 6.45) is 7.57. The molecule has 3 aromatic heterocycles. The summed E-state index contributed by atoms with van der Waals surface area (Å²) in [5, 5.41) is 10.8. The largest absolute Gasteiger partial charge is 0.366 e. The number of pyridine rings is 3. The van der Waals surface area contributed by atoms with Crippen molar-refractivity contribution in [2.24, 2.45) is 0 Å². The maximum atomic E-state index is 6.43. The van der Waals surface area contributed by atoms with E-state index in [1.807, 2.05) is 36.4 Å². The van der Waals surface area contributed by atoms with E-state index >= 15 is 0 Å². The Morgan fingerprint density at radius 1 is 1.14 bits per heavy atom. The van der Waals surface area contributed by atoms with Gasteiger partial charge in [-0.25, -0.2) is 9.97 Å². The fourth-order valence-corrected chi connectivity index (χ4v) is 3.47. The van der Waals surface area contributed by atoms with Crippen molar-refractivity contribution in [2.75, 3.05) is 23.7 Å². The minimum absolute atomic E-state index is 0.386. The van der Waals surface area contributed by atoms with Crippen LogP contribution < -0.4 is 16.0 Å². The van der Waals surface area contributed by atoms with E-state index in [2.05, 4.69) is 25.9 Å². The highest BCUT2D eigenvalue weighted by Crippen LogP contribution is 2.29. The Kier molecular flexibility index (Phi) is 5.99. The fourth-order valence-electron chi connectivity index (χ4n) is 3.27. The van der Waals surface area contributed by atoms with Gasteiger partial charge in [0.15, 0.2) is 0 Å². The molecule has 0 aliphatic carbocycles. The number of aromatic nitrogens is 3. The first-order chi connectivity index (χ1) is 13.8. The third-order valence-electron chi connectivity index (χ3n) is 4.75. The Balaban J connectivity index is 1.50. The molecule has 0 bridgehead atoms. The number of hydrogen-bond donors (Lipinski definition) is 3. The summed E-state index contributed by atoms with van der Waals surface area (Å²) in [6.45, 7) is 2.72. The molecule has 0 radical (unpaired) electrons. The van der Waals surface area contributed by atoms with Crippen molar-refractivity contribution in [1.29, 1.82) is 0 Å². The van der Waals surface area contributed by atoms with Crippen LogP contribution in [0.15, 0.2) is 55.0 Å². The van der Waals surface area contributed by atoms with E-state index in [0.29, 0.717) is 17.6 Å². The topological polar surface area (TPSA) is 74.8 Å². The van der Waals surface area contributed by atoms with Crippen molar-refractivity contribution in [1.82, 2.24) is 20.3 Å². The average molecular weight is 395 g/mol. The van der Waals surface area contributed by atoms with E-state index in [1.165, 1.54) is 6.42 Å². The predicted molar refractivity (Wildman–Crippen MR) is 114 cm³/mol. The standard InChI is InChI=1S/C21H23ClN6/c22-18-14-26-21(27-16-3-2-8-24-13-16)11-17(18)19-4-1-5-20(28-19)25-12-15-6-9-23-10-7-15/h1,4-7,9-11,14,16,24H,2-3,8,12-13H2,(H,25,28)(H,26,27). The molecule has 1 aliphatic heterocycles. The third-order valence-corrected chi connectivity index (χ3v) is 5.05. The van der Waals surface area contributed by atoms with E-state index in [1.54, 1.807) is 18.6 Å². The summed E-state index contributed by atoms with van der Waals surface area (Å²) in [6, 6.07) is 12.2. The molecule has 4 heterocycles. The maximum absolute atomic E-state index is 6.43. The van der Waals surface area contributed by atoms with Crippen LogP contribution in [-0.2, 0) is 6.54 Å². The molecule has 0 aromatic carbocycles. The smallest absolute Gasteiger partial charge is 0.126 e. The Bertz CT molecular complexity index is 912. The van der Waals surface area contributed by atoms with E-state index < -0.39 is 0 Å². The highest BCUT2D eigenvalue weighted by molar-refractivity contribution is 6.33. The van der Waals surface area contributed by atoms with E-state index in [9.17, 15) is 0 Å². The number of piperidine rings is 1. The highest BCUT2D eigenvalue weighted by Gasteiger charge is 2.14. The summed E-state index contributed by atoms with van der Waals surface area (Å²) in [5.74, 6) is 1.62. The second-order valence-electron chi connectivity index (χ2n) is 6.85. The zero-order valence-electron chi connectivity index (χ0n) is 15.5. The molecule has 1 aliphatic rings. The molecular weight excluding hydrogens is 372 g/mol. The Hall–Kier alpha value is -2.70. The normalized spacial score (nSPS) is 16.5.